The molecule has 9 nitrogen and oxygen atoms in total. The Bertz CT molecular complexity index is 752. The number of carbonyl (C=O) groups is 1. The summed E-state index contributed by atoms with van der Waals surface area (Å²) in [6.07, 6.45) is 5.40. The SMILES string of the molecule is CCNC(=NCCCn1nc2n(c1=O)CCCC2)N1CCC(C(=O)OC)CC1.I. The van der Waals surface area contributed by atoms with Gasteiger partial charge in [-0.15, -0.1) is 24.0 Å². The van der Waals surface area contributed by atoms with Crippen LogP contribution >= 0.6 is 24.0 Å². The number of hydrogen-bond donors (Lipinski definition) is 1. The Labute approximate surface area is 188 Å². The molecule has 0 aromatic carbocycles. The number of esters is 1. The van der Waals surface area contributed by atoms with Crippen LogP contribution in [0.15, 0.2) is 9.79 Å². The van der Waals surface area contributed by atoms with Crippen molar-refractivity contribution in [3.8, 4) is 0 Å². The highest BCUT2D eigenvalue weighted by Crippen LogP contribution is 2.18. The van der Waals surface area contributed by atoms with Crippen LogP contribution in [-0.2, 0) is 29.0 Å². The first-order valence-electron chi connectivity index (χ1n) is 10.4. The van der Waals surface area contributed by atoms with Gasteiger partial charge in [-0.25, -0.2) is 9.48 Å². The molecule has 0 amide bonds. The number of hydrogen-bond acceptors (Lipinski definition) is 5. The van der Waals surface area contributed by atoms with E-state index in [0.29, 0.717) is 13.1 Å². The third-order valence-corrected chi connectivity index (χ3v) is 5.49. The van der Waals surface area contributed by atoms with Gasteiger partial charge in [-0.3, -0.25) is 14.4 Å². The zero-order valence-electron chi connectivity index (χ0n) is 17.4. The molecule has 2 aliphatic heterocycles. The van der Waals surface area contributed by atoms with Crippen LogP contribution in [0.25, 0.3) is 0 Å². The van der Waals surface area contributed by atoms with Gasteiger partial charge >= 0.3 is 11.7 Å². The van der Waals surface area contributed by atoms with E-state index in [1.807, 2.05) is 11.5 Å². The first kappa shape index (κ1) is 23.7. The topological polar surface area (TPSA) is 93.8 Å². The van der Waals surface area contributed by atoms with E-state index >= 15 is 0 Å². The number of aryl methyl sites for hydroxylation is 2. The molecule has 2 aliphatic rings. The van der Waals surface area contributed by atoms with Gasteiger partial charge in [0.1, 0.15) is 5.82 Å². The fraction of sp³-hybridized carbons (Fsp3) is 0.789. The maximum Gasteiger partial charge on any atom is 0.345 e. The highest BCUT2D eigenvalue weighted by atomic mass is 127. The summed E-state index contributed by atoms with van der Waals surface area (Å²) in [5.74, 6) is 1.67. The summed E-state index contributed by atoms with van der Waals surface area (Å²) < 4.78 is 8.25. The Hall–Kier alpha value is -1.59. The van der Waals surface area contributed by atoms with Crippen molar-refractivity contribution in [2.45, 2.75) is 58.5 Å². The second-order valence-corrected chi connectivity index (χ2v) is 7.40. The number of aromatic nitrogens is 3. The normalized spacial score (nSPS) is 17.4. The van der Waals surface area contributed by atoms with Crippen LogP contribution in [-0.4, -0.2) is 64.5 Å². The maximum atomic E-state index is 12.4. The van der Waals surface area contributed by atoms with E-state index in [2.05, 4.69) is 15.3 Å². The first-order valence-corrected chi connectivity index (χ1v) is 10.4. The first-order chi connectivity index (χ1) is 13.6. The van der Waals surface area contributed by atoms with Crippen LogP contribution in [0.1, 0.15) is 44.9 Å². The molecule has 1 aromatic rings. The molecule has 1 fully saturated rings. The van der Waals surface area contributed by atoms with Gasteiger partial charge in [0.05, 0.1) is 13.0 Å². The third kappa shape index (κ3) is 5.95. The average molecular weight is 520 g/mol. The number of methoxy groups -OCH3 is 1. The Balaban J connectivity index is 0.00000300. The molecule has 29 heavy (non-hydrogen) atoms. The maximum absolute atomic E-state index is 12.4. The summed E-state index contributed by atoms with van der Waals surface area (Å²) in [5, 5.41) is 7.81. The Morgan fingerprint density at radius 3 is 2.69 bits per heavy atom. The minimum Gasteiger partial charge on any atom is -0.469 e. The summed E-state index contributed by atoms with van der Waals surface area (Å²) >= 11 is 0. The molecular weight excluding hydrogens is 487 g/mol. The van der Waals surface area contributed by atoms with Crippen LogP contribution in [0.2, 0.25) is 0 Å². The fourth-order valence-corrected chi connectivity index (χ4v) is 3.92. The molecule has 10 heteroatoms. The van der Waals surface area contributed by atoms with E-state index < -0.39 is 0 Å². The van der Waals surface area contributed by atoms with Gasteiger partial charge in [-0.05, 0) is 39.0 Å². The predicted molar refractivity (Wildman–Crippen MR) is 122 cm³/mol. The predicted octanol–water partition coefficient (Wildman–Crippen LogP) is 1.24. The minimum atomic E-state index is -0.116. The lowest BCUT2D eigenvalue weighted by molar-refractivity contribution is -0.146. The zero-order chi connectivity index (χ0) is 19.9. The number of piperidine rings is 1. The number of guanidine groups is 1. The third-order valence-electron chi connectivity index (χ3n) is 5.49. The van der Waals surface area contributed by atoms with Crippen LogP contribution < -0.4 is 11.0 Å². The molecule has 0 spiro atoms. The molecule has 164 valence electrons. The molecule has 0 atom stereocenters. The quantitative estimate of drug-likeness (QED) is 0.200. The largest absolute Gasteiger partial charge is 0.469 e. The van der Waals surface area contributed by atoms with Gasteiger partial charge in [-0.2, -0.15) is 5.10 Å². The number of likely N-dealkylation sites (tertiary alicyclic amines) is 1. The van der Waals surface area contributed by atoms with Crippen molar-refractivity contribution in [3.63, 3.8) is 0 Å². The average Bonchev–Trinajstić information content (AvgIpc) is 3.05. The van der Waals surface area contributed by atoms with Crippen LogP contribution in [0.5, 0.6) is 0 Å². The number of halogens is 1. The number of ether oxygens (including phenoxy) is 1. The number of nitrogens with one attached hydrogen (secondary N) is 1. The van der Waals surface area contributed by atoms with Gasteiger partial charge in [-0.1, -0.05) is 0 Å². The molecule has 0 unspecified atom stereocenters. The van der Waals surface area contributed by atoms with Gasteiger partial charge in [0.25, 0.3) is 0 Å². The van der Waals surface area contributed by atoms with Crippen LogP contribution in [0, 0.1) is 5.92 Å². The number of nitrogens with zero attached hydrogens (tertiary/aromatic N) is 5. The van der Waals surface area contributed by atoms with Crippen LogP contribution in [0.3, 0.4) is 0 Å². The van der Waals surface area contributed by atoms with Crippen molar-refractivity contribution in [3.05, 3.63) is 16.3 Å². The number of carbonyl (C=O) groups excluding carboxylic acids is 1. The lowest BCUT2D eigenvalue weighted by Gasteiger charge is -2.33. The number of rotatable bonds is 6. The lowest BCUT2D eigenvalue weighted by atomic mass is 9.97. The summed E-state index contributed by atoms with van der Waals surface area (Å²) in [6.45, 7) is 6.44. The van der Waals surface area contributed by atoms with E-state index in [1.165, 1.54) is 7.11 Å². The lowest BCUT2D eigenvalue weighted by Crippen LogP contribution is -2.46. The summed E-state index contributed by atoms with van der Waals surface area (Å²) in [6, 6.07) is 0. The summed E-state index contributed by atoms with van der Waals surface area (Å²) in [4.78, 5) is 31.0. The minimum absolute atomic E-state index is 0. The molecule has 3 heterocycles. The van der Waals surface area contributed by atoms with Gasteiger partial charge in [0, 0.05) is 45.7 Å². The van der Waals surface area contributed by atoms with Crippen LogP contribution in [0.4, 0.5) is 0 Å². The van der Waals surface area contributed by atoms with Crippen molar-refractivity contribution in [2.24, 2.45) is 10.9 Å². The molecule has 0 radical (unpaired) electrons. The smallest absolute Gasteiger partial charge is 0.345 e. The number of aliphatic imine (C=N–C) groups is 1. The van der Waals surface area contributed by atoms with E-state index in [0.717, 1.165) is 76.5 Å². The van der Waals surface area contributed by atoms with E-state index in [1.54, 1.807) is 4.68 Å². The summed E-state index contributed by atoms with van der Waals surface area (Å²) in [5.41, 5.74) is 0.00969. The second kappa shape index (κ2) is 11.6. The Morgan fingerprint density at radius 1 is 1.28 bits per heavy atom. The van der Waals surface area contributed by atoms with Crippen molar-refractivity contribution in [1.29, 1.82) is 0 Å². The van der Waals surface area contributed by atoms with Gasteiger partial charge in [0.2, 0.25) is 0 Å². The monoisotopic (exact) mass is 520 g/mol. The highest BCUT2D eigenvalue weighted by molar-refractivity contribution is 14.0. The zero-order valence-corrected chi connectivity index (χ0v) is 19.8. The second-order valence-electron chi connectivity index (χ2n) is 7.40. The van der Waals surface area contributed by atoms with E-state index in [4.69, 9.17) is 9.73 Å². The van der Waals surface area contributed by atoms with E-state index in [9.17, 15) is 9.59 Å². The van der Waals surface area contributed by atoms with E-state index in [-0.39, 0.29) is 41.6 Å². The molecule has 3 rings (SSSR count). The molecule has 1 N–H and O–H groups in total. The standard InChI is InChI=1S/C19H32N6O3.HI/c1-3-20-18(23-13-8-15(9-14-23)17(26)28-2)21-10-6-12-25-19(27)24-11-5-4-7-16(24)22-25;/h15H,3-14H2,1-2H3,(H,20,21);1H. The van der Waals surface area contributed by atoms with Gasteiger partial charge in [0.15, 0.2) is 5.96 Å². The molecule has 0 aliphatic carbocycles. The fourth-order valence-electron chi connectivity index (χ4n) is 3.92. The molecular formula is C19H33IN6O3. The van der Waals surface area contributed by atoms with Gasteiger partial charge < -0.3 is 15.0 Å². The molecule has 0 bridgehead atoms. The Morgan fingerprint density at radius 2 is 2.03 bits per heavy atom. The number of fused-ring (bicyclic) bond motifs is 1. The molecule has 1 aromatic heterocycles. The van der Waals surface area contributed by atoms with Crippen molar-refractivity contribution in [2.75, 3.05) is 33.3 Å². The van der Waals surface area contributed by atoms with Crippen molar-refractivity contribution >= 4 is 35.9 Å². The highest BCUT2D eigenvalue weighted by Gasteiger charge is 2.26. The van der Waals surface area contributed by atoms with Crippen molar-refractivity contribution < 1.29 is 9.53 Å². The van der Waals surface area contributed by atoms with Crippen molar-refractivity contribution in [1.82, 2.24) is 24.6 Å². The molecule has 1 saturated heterocycles. The molecule has 0 saturated carbocycles. The summed E-state index contributed by atoms with van der Waals surface area (Å²) in [7, 11) is 1.45. The Kier molecular flexibility index (Phi) is 9.44.